The van der Waals surface area contributed by atoms with Crippen LogP contribution in [-0.2, 0) is 25.7 Å². The summed E-state index contributed by atoms with van der Waals surface area (Å²) in [7, 11) is 1.29. The lowest BCUT2D eigenvalue weighted by Gasteiger charge is -2.32. The largest absolute Gasteiger partial charge is 0.489 e. The third kappa shape index (κ3) is 4.19. The molecule has 0 saturated carbocycles. The van der Waals surface area contributed by atoms with Gasteiger partial charge in [-0.1, -0.05) is 42.0 Å². The zero-order valence-electron chi connectivity index (χ0n) is 17.6. The molecule has 1 atom stereocenters. The molecule has 6 nitrogen and oxygen atoms in total. The van der Waals surface area contributed by atoms with Gasteiger partial charge < -0.3 is 19.9 Å². The Hall–Kier alpha value is -3.54. The number of carbonyl (C=O) groups excluding carboxylic acids is 2. The third-order valence-corrected chi connectivity index (χ3v) is 5.63. The quantitative estimate of drug-likeness (QED) is 0.736. The Morgan fingerprint density at radius 1 is 1.10 bits per heavy atom. The highest BCUT2D eigenvalue weighted by Gasteiger charge is 2.41. The average Bonchev–Trinajstić information content (AvgIpc) is 2.78. The molecule has 0 bridgehead atoms. The van der Waals surface area contributed by atoms with Crippen LogP contribution in [0.1, 0.15) is 41.9 Å². The van der Waals surface area contributed by atoms with Gasteiger partial charge in [-0.2, -0.15) is 0 Å². The molecule has 6 heteroatoms. The summed E-state index contributed by atoms with van der Waals surface area (Å²) in [6.45, 7) is 2.49. The van der Waals surface area contributed by atoms with E-state index in [1.165, 1.54) is 12.7 Å². The summed E-state index contributed by atoms with van der Waals surface area (Å²) >= 11 is 0. The van der Waals surface area contributed by atoms with Gasteiger partial charge in [0.05, 0.1) is 13.0 Å². The number of benzene rings is 2. The molecule has 0 saturated heterocycles. The van der Waals surface area contributed by atoms with E-state index in [0.717, 1.165) is 11.1 Å². The van der Waals surface area contributed by atoms with E-state index in [1.54, 1.807) is 0 Å². The molecule has 2 aromatic rings. The monoisotopic (exact) mass is 419 g/mol. The van der Waals surface area contributed by atoms with Crippen molar-refractivity contribution in [3.8, 4) is 5.75 Å². The number of esters is 1. The molecule has 4 rings (SSSR count). The number of aryl methyl sites for hydroxylation is 1. The smallest absolute Gasteiger partial charge is 0.340 e. The first kappa shape index (κ1) is 20.7. The zero-order valence-corrected chi connectivity index (χ0v) is 17.6. The van der Waals surface area contributed by atoms with E-state index in [2.05, 4.69) is 0 Å². The Kier molecular flexibility index (Phi) is 5.80. The topological polar surface area (TPSA) is 87.9 Å². The van der Waals surface area contributed by atoms with Crippen molar-refractivity contribution in [1.82, 2.24) is 0 Å². The number of carbonyl (C=O) groups is 2. The number of ketones is 1. The van der Waals surface area contributed by atoms with E-state index in [-0.39, 0.29) is 17.2 Å². The van der Waals surface area contributed by atoms with Gasteiger partial charge in [0.25, 0.3) is 0 Å². The molecule has 1 aliphatic heterocycles. The normalized spacial score (nSPS) is 18.4. The number of nitrogens with two attached hydrogens (primary N) is 1. The van der Waals surface area contributed by atoms with Crippen LogP contribution in [0.2, 0.25) is 0 Å². The fourth-order valence-electron chi connectivity index (χ4n) is 4.01. The Morgan fingerprint density at radius 2 is 1.81 bits per heavy atom. The molecular formula is C25H25NO5. The van der Waals surface area contributed by atoms with Gasteiger partial charge in [0, 0.05) is 18.4 Å². The van der Waals surface area contributed by atoms with Gasteiger partial charge in [0.15, 0.2) is 5.78 Å². The van der Waals surface area contributed by atoms with E-state index in [0.29, 0.717) is 43.0 Å². The number of allylic oxidation sites excluding steroid dienone is 2. The molecule has 2 aliphatic rings. The second-order valence-electron chi connectivity index (χ2n) is 7.76. The van der Waals surface area contributed by atoms with E-state index in [9.17, 15) is 9.59 Å². The Labute approximate surface area is 181 Å². The number of ether oxygens (including phenoxy) is 3. The molecule has 0 unspecified atom stereocenters. The SMILES string of the molecule is COC(=O)C1=C(N)OC2=C(C(=O)CCC2)[C@H]1c1ccc(OCc2ccc(C)cc2)cc1. The van der Waals surface area contributed by atoms with E-state index in [4.69, 9.17) is 19.9 Å². The first-order chi connectivity index (χ1) is 15.0. The van der Waals surface area contributed by atoms with E-state index < -0.39 is 11.9 Å². The van der Waals surface area contributed by atoms with Crippen LogP contribution in [0.5, 0.6) is 5.75 Å². The van der Waals surface area contributed by atoms with Crippen molar-refractivity contribution in [1.29, 1.82) is 0 Å². The second-order valence-corrected chi connectivity index (χ2v) is 7.76. The van der Waals surface area contributed by atoms with Crippen LogP contribution in [0.3, 0.4) is 0 Å². The van der Waals surface area contributed by atoms with Gasteiger partial charge in [-0.25, -0.2) is 4.79 Å². The fraction of sp³-hybridized carbons (Fsp3) is 0.280. The van der Waals surface area contributed by atoms with Gasteiger partial charge in [-0.15, -0.1) is 0 Å². The van der Waals surface area contributed by atoms with Crippen LogP contribution in [0, 0.1) is 6.92 Å². The number of rotatable bonds is 5. The maximum absolute atomic E-state index is 12.7. The molecule has 0 spiro atoms. The van der Waals surface area contributed by atoms with Gasteiger partial charge in [-0.05, 0) is 36.6 Å². The van der Waals surface area contributed by atoms with Crippen molar-refractivity contribution >= 4 is 11.8 Å². The molecule has 0 radical (unpaired) electrons. The predicted molar refractivity (Wildman–Crippen MR) is 115 cm³/mol. The van der Waals surface area contributed by atoms with Gasteiger partial charge in [0.1, 0.15) is 23.7 Å². The molecule has 31 heavy (non-hydrogen) atoms. The Balaban J connectivity index is 1.62. The molecule has 1 heterocycles. The van der Waals surface area contributed by atoms with Gasteiger partial charge >= 0.3 is 5.97 Å². The third-order valence-electron chi connectivity index (χ3n) is 5.63. The number of hydrogen-bond donors (Lipinski definition) is 1. The molecule has 160 valence electrons. The van der Waals surface area contributed by atoms with Crippen molar-refractivity contribution in [2.75, 3.05) is 7.11 Å². The second kappa shape index (κ2) is 8.68. The van der Waals surface area contributed by atoms with Crippen molar-refractivity contribution in [3.05, 3.63) is 88.0 Å². The zero-order chi connectivity index (χ0) is 22.0. The predicted octanol–water partition coefficient (Wildman–Crippen LogP) is 4.04. The van der Waals surface area contributed by atoms with Crippen molar-refractivity contribution in [2.45, 2.75) is 38.7 Å². The Morgan fingerprint density at radius 3 is 2.48 bits per heavy atom. The molecule has 2 N–H and O–H groups in total. The lowest BCUT2D eigenvalue weighted by molar-refractivity contribution is -0.136. The number of hydrogen-bond acceptors (Lipinski definition) is 6. The van der Waals surface area contributed by atoms with E-state index >= 15 is 0 Å². The number of methoxy groups -OCH3 is 1. The summed E-state index contributed by atoms with van der Waals surface area (Å²) in [5.74, 6) is -0.0182. The van der Waals surface area contributed by atoms with Gasteiger partial charge in [-0.3, -0.25) is 4.79 Å². The minimum atomic E-state index is -0.616. The van der Waals surface area contributed by atoms with Crippen molar-refractivity contribution < 1.29 is 23.8 Å². The molecular weight excluding hydrogens is 394 g/mol. The first-order valence-corrected chi connectivity index (χ1v) is 10.3. The summed E-state index contributed by atoms with van der Waals surface area (Å²) in [6, 6.07) is 15.5. The van der Waals surface area contributed by atoms with Crippen LogP contribution in [0.15, 0.2) is 71.3 Å². The molecule has 2 aromatic carbocycles. The maximum atomic E-state index is 12.7. The highest BCUT2D eigenvalue weighted by Crippen LogP contribution is 2.44. The number of Topliss-reactive ketones (excluding diaryl/α,β-unsaturated/α-hetero) is 1. The van der Waals surface area contributed by atoms with Crippen molar-refractivity contribution in [3.63, 3.8) is 0 Å². The van der Waals surface area contributed by atoms with Gasteiger partial charge in [0.2, 0.25) is 5.88 Å². The first-order valence-electron chi connectivity index (χ1n) is 10.3. The molecule has 0 amide bonds. The lowest BCUT2D eigenvalue weighted by atomic mass is 9.77. The summed E-state index contributed by atoms with van der Waals surface area (Å²) in [5, 5.41) is 0. The molecule has 0 aromatic heterocycles. The van der Waals surface area contributed by atoms with Crippen LogP contribution < -0.4 is 10.5 Å². The average molecular weight is 419 g/mol. The Bertz CT molecular complexity index is 1060. The van der Waals surface area contributed by atoms with Crippen LogP contribution in [0.25, 0.3) is 0 Å². The molecule has 0 fully saturated rings. The summed E-state index contributed by atoms with van der Waals surface area (Å²) in [6.07, 6.45) is 1.74. The minimum Gasteiger partial charge on any atom is -0.489 e. The lowest BCUT2D eigenvalue weighted by Crippen LogP contribution is -2.31. The highest BCUT2D eigenvalue weighted by atomic mass is 16.5. The fourth-order valence-corrected chi connectivity index (χ4v) is 4.01. The van der Waals surface area contributed by atoms with Crippen LogP contribution >= 0.6 is 0 Å². The minimum absolute atomic E-state index is 0.00926. The molecule has 1 aliphatic carbocycles. The van der Waals surface area contributed by atoms with Crippen molar-refractivity contribution in [2.24, 2.45) is 5.73 Å². The summed E-state index contributed by atoms with van der Waals surface area (Å²) in [5.41, 5.74) is 9.76. The standard InChI is InChI=1S/C25H25NO5/c1-15-6-8-16(9-7-15)14-30-18-12-10-17(11-13-18)21-22-19(27)4-3-5-20(22)31-24(26)23(21)25(28)29-2/h6-13,21H,3-5,14,26H2,1-2H3/t21-/m1/s1. The highest BCUT2D eigenvalue weighted by molar-refractivity contribution is 6.03. The summed E-state index contributed by atoms with van der Waals surface area (Å²) in [4.78, 5) is 25.2. The van der Waals surface area contributed by atoms with Crippen LogP contribution in [-0.4, -0.2) is 18.9 Å². The maximum Gasteiger partial charge on any atom is 0.340 e. The van der Waals surface area contributed by atoms with E-state index in [1.807, 2.05) is 55.5 Å². The summed E-state index contributed by atoms with van der Waals surface area (Å²) < 4.78 is 16.5. The van der Waals surface area contributed by atoms with Crippen LogP contribution in [0.4, 0.5) is 0 Å².